The summed E-state index contributed by atoms with van der Waals surface area (Å²) in [5.41, 5.74) is 6.47. The molecule has 0 radical (unpaired) electrons. The highest BCUT2D eigenvalue weighted by Crippen LogP contribution is 2.37. The summed E-state index contributed by atoms with van der Waals surface area (Å²) < 4.78 is 0. The molecule has 0 bridgehead atoms. The van der Waals surface area contributed by atoms with Crippen LogP contribution in [0.2, 0.25) is 0 Å². The molecule has 18 heavy (non-hydrogen) atoms. The first kappa shape index (κ1) is 14.3. The van der Waals surface area contributed by atoms with Gasteiger partial charge in [0.15, 0.2) is 0 Å². The molecule has 1 saturated heterocycles. The molecule has 2 unspecified atom stereocenters. The fourth-order valence-electron chi connectivity index (χ4n) is 4.16. The van der Waals surface area contributed by atoms with Crippen molar-refractivity contribution in [1.82, 2.24) is 4.90 Å². The zero-order valence-electron chi connectivity index (χ0n) is 12.6. The van der Waals surface area contributed by atoms with E-state index in [-0.39, 0.29) is 0 Å². The fourth-order valence-corrected chi connectivity index (χ4v) is 4.16. The van der Waals surface area contributed by atoms with Gasteiger partial charge in [0.25, 0.3) is 0 Å². The van der Waals surface area contributed by atoms with Gasteiger partial charge in [-0.1, -0.05) is 33.6 Å². The van der Waals surface area contributed by atoms with Crippen LogP contribution in [-0.2, 0) is 0 Å². The first-order valence-corrected chi connectivity index (χ1v) is 7.97. The lowest BCUT2D eigenvalue weighted by Gasteiger charge is -2.38. The molecule has 1 aliphatic heterocycles. The van der Waals surface area contributed by atoms with Crippen LogP contribution in [0.4, 0.5) is 0 Å². The molecule has 106 valence electrons. The monoisotopic (exact) mass is 252 g/mol. The molecule has 1 heterocycles. The van der Waals surface area contributed by atoms with Crippen molar-refractivity contribution in [1.29, 1.82) is 0 Å². The van der Waals surface area contributed by atoms with Gasteiger partial charge in [0.1, 0.15) is 0 Å². The van der Waals surface area contributed by atoms with E-state index in [1.54, 1.807) is 0 Å². The maximum atomic E-state index is 6.08. The zero-order chi connectivity index (χ0) is 13.2. The van der Waals surface area contributed by atoms with E-state index in [1.165, 1.54) is 51.5 Å². The fraction of sp³-hybridized carbons (Fsp3) is 1.00. The zero-order valence-corrected chi connectivity index (χ0v) is 12.6. The number of rotatable bonds is 4. The van der Waals surface area contributed by atoms with Crippen molar-refractivity contribution in [2.75, 3.05) is 13.1 Å². The van der Waals surface area contributed by atoms with E-state index in [0.29, 0.717) is 11.5 Å². The molecule has 1 saturated carbocycles. The predicted molar refractivity (Wildman–Crippen MR) is 78.6 cm³/mol. The average Bonchev–Trinajstić information content (AvgIpc) is 2.94. The maximum Gasteiger partial charge on any atom is 0.0226 e. The number of likely N-dealkylation sites (tertiary alicyclic amines) is 1. The van der Waals surface area contributed by atoms with Crippen molar-refractivity contribution in [2.45, 2.75) is 77.8 Å². The lowest BCUT2D eigenvalue weighted by molar-refractivity contribution is 0.107. The summed E-state index contributed by atoms with van der Waals surface area (Å²) in [5.74, 6) is 0.974. The number of nitrogens with zero attached hydrogens (tertiary/aromatic N) is 1. The molecule has 2 aliphatic rings. The molecular weight excluding hydrogens is 220 g/mol. The minimum atomic E-state index is 0.396. The average molecular weight is 252 g/mol. The van der Waals surface area contributed by atoms with E-state index in [9.17, 15) is 0 Å². The van der Waals surface area contributed by atoms with Crippen LogP contribution >= 0.6 is 0 Å². The van der Waals surface area contributed by atoms with Gasteiger partial charge < -0.3 is 5.73 Å². The highest BCUT2D eigenvalue weighted by atomic mass is 15.2. The largest absolute Gasteiger partial charge is 0.329 e. The van der Waals surface area contributed by atoms with Crippen LogP contribution in [-0.4, -0.2) is 30.1 Å². The molecular formula is C16H32N2. The minimum Gasteiger partial charge on any atom is -0.329 e. The van der Waals surface area contributed by atoms with E-state index in [4.69, 9.17) is 5.73 Å². The molecule has 2 fully saturated rings. The van der Waals surface area contributed by atoms with Crippen LogP contribution < -0.4 is 5.73 Å². The van der Waals surface area contributed by atoms with Gasteiger partial charge in [-0.2, -0.15) is 0 Å². The standard InChI is InChI=1S/C16H32N2/c1-16(2,3)11-14(12-17)18-10-6-9-15(18)13-7-4-5-8-13/h13-15H,4-12,17H2,1-3H3. The molecule has 2 heteroatoms. The van der Waals surface area contributed by atoms with Crippen LogP contribution in [0.1, 0.15) is 65.7 Å². The highest BCUT2D eigenvalue weighted by molar-refractivity contribution is 4.92. The van der Waals surface area contributed by atoms with Crippen molar-refractivity contribution in [3.05, 3.63) is 0 Å². The minimum absolute atomic E-state index is 0.396. The summed E-state index contributed by atoms with van der Waals surface area (Å²) in [6, 6.07) is 1.46. The van der Waals surface area contributed by atoms with E-state index >= 15 is 0 Å². The topological polar surface area (TPSA) is 29.3 Å². The molecule has 0 spiro atoms. The molecule has 2 rings (SSSR count). The molecule has 1 aliphatic carbocycles. The smallest absolute Gasteiger partial charge is 0.0226 e. The van der Waals surface area contributed by atoms with Crippen LogP contribution in [0.5, 0.6) is 0 Å². The summed E-state index contributed by atoms with van der Waals surface area (Å²) in [5, 5.41) is 0. The molecule has 0 amide bonds. The molecule has 0 aromatic heterocycles. The summed E-state index contributed by atoms with van der Waals surface area (Å²) in [6.45, 7) is 9.16. The Kier molecular flexibility index (Phi) is 4.71. The Balaban J connectivity index is 1.99. The van der Waals surface area contributed by atoms with Crippen LogP contribution in [0.3, 0.4) is 0 Å². The summed E-state index contributed by atoms with van der Waals surface area (Å²) in [6.07, 6.45) is 9.91. The van der Waals surface area contributed by atoms with E-state index < -0.39 is 0 Å². The Morgan fingerprint density at radius 2 is 1.78 bits per heavy atom. The lowest BCUT2D eigenvalue weighted by atomic mass is 9.86. The second kappa shape index (κ2) is 5.92. The van der Waals surface area contributed by atoms with Gasteiger partial charge in [0.05, 0.1) is 0 Å². The normalized spacial score (nSPS) is 29.0. The van der Waals surface area contributed by atoms with Crippen LogP contribution in [0.25, 0.3) is 0 Å². The third-order valence-corrected chi connectivity index (χ3v) is 4.88. The Morgan fingerprint density at radius 1 is 1.11 bits per heavy atom. The number of hydrogen-bond acceptors (Lipinski definition) is 2. The SMILES string of the molecule is CC(C)(C)CC(CN)N1CCCC1C1CCCC1. The van der Waals surface area contributed by atoms with Gasteiger partial charge in [-0.15, -0.1) is 0 Å². The molecule has 2 atom stereocenters. The molecule has 2 nitrogen and oxygen atoms in total. The Bertz CT molecular complexity index is 250. The Hall–Kier alpha value is -0.0800. The van der Waals surface area contributed by atoms with Gasteiger partial charge in [0, 0.05) is 18.6 Å². The molecule has 0 aromatic rings. The van der Waals surface area contributed by atoms with Crippen molar-refractivity contribution in [2.24, 2.45) is 17.1 Å². The quantitative estimate of drug-likeness (QED) is 0.831. The second-order valence-electron chi connectivity index (χ2n) is 7.65. The predicted octanol–water partition coefficient (Wildman–Crippen LogP) is 3.40. The van der Waals surface area contributed by atoms with Crippen molar-refractivity contribution >= 4 is 0 Å². The van der Waals surface area contributed by atoms with Gasteiger partial charge >= 0.3 is 0 Å². The lowest BCUT2D eigenvalue weighted by Crippen LogP contribution is -2.47. The van der Waals surface area contributed by atoms with E-state index in [1.807, 2.05) is 0 Å². The van der Waals surface area contributed by atoms with Crippen molar-refractivity contribution < 1.29 is 0 Å². The van der Waals surface area contributed by atoms with Crippen molar-refractivity contribution in [3.63, 3.8) is 0 Å². The maximum absolute atomic E-state index is 6.08. The van der Waals surface area contributed by atoms with Crippen LogP contribution in [0.15, 0.2) is 0 Å². The first-order valence-electron chi connectivity index (χ1n) is 7.97. The van der Waals surface area contributed by atoms with Gasteiger partial charge in [-0.05, 0) is 50.0 Å². The van der Waals surface area contributed by atoms with E-state index in [2.05, 4.69) is 25.7 Å². The van der Waals surface area contributed by atoms with Crippen LogP contribution in [0, 0.1) is 11.3 Å². The Morgan fingerprint density at radius 3 is 2.33 bits per heavy atom. The molecule has 2 N–H and O–H groups in total. The summed E-state index contributed by atoms with van der Waals surface area (Å²) in [4.78, 5) is 2.78. The first-order chi connectivity index (χ1) is 8.51. The van der Waals surface area contributed by atoms with E-state index in [0.717, 1.165) is 18.5 Å². The van der Waals surface area contributed by atoms with Gasteiger partial charge in [-0.25, -0.2) is 0 Å². The van der Waals surface area contributed by atoms with Gasteiger partial charge in [-0.3, -0.25) is 4.90 Å². The van der Waals surface area contributed by atoms with Crippen molar-refractivity contribution in [3.8, 4) is 0 Å². The number of hydrogen-bond donors (Lipinski definition) is 1. The number of nitrogens with two attached hydrogens (primary N) is 1. The summed E-state index contributed by atoms with van der Waals surface area (Å²) >= 11 is 0. The second-order valence-corrected chi connectivity index (χ2v) is 7.65. The Labute approximate surface area is 113 Å². The van der Waals surface area contributed by atoms with Gasteiger partial charge in [0.2, 0.25) is 0 Å². The third-order valence-electron chi connectivity index (χ3n) is 4.88. The molecule has 0 aromatic carbocycles. The summed E-state index contributed by atoms with van der Waals surface area (Å²) in [7, 11) is 0. The highest BCUT2D eigenvalue weighted by Gasteiger charge is 2.37. The third kappa shape index (κ3) is 3.48.